The molecular weight excluding hydrogens is 273 g/mol. The summed E-state index contributed by atoms with van der Waals surface area (Å²) < 4.78 is 0.544. The van der Waals surface area contributed by atoms with Gasteiger partial charge in [0.15, 0.2) is 0 Å². The third kappa shape index (κ3) is 2.04. The van der Waals surface area contributed by atoms with Gasteiger partial charge >= 0.3 is 0 Å². The molecule has 1 rings (SSSR count). The molecule has 5 heteroatoms. The molecular formula is C7H8INO3. The molecule has 0 amide bonds. The maximum Gasteiger partial charge on any atom is 0.265 e. The molecule has 0 spiro atoms. The molecule has 0 aliphatic heterocycles. The van der Waals surface area contributed by atoms with E-state index in [1.165, 1.54) is 18.2 Å². The fourth-order valence-corrected chi connectivity index (χ4v) is 1.46. The van der Waals surface area contributed by atoms with Gasteiger partial charge in [0.25, 0.3) is 5.70 Å². The van der Waals surface area contributed by atoms with Crippen molar-refractivity contribution in [2.24, 2.45) is 0 Å². The Labute approximate surface area is 83.3 Å². The number of hydrogen-bond donors (Lipinski definition) is 1. The predicted octanol–water partition coefficient (Wildman–Crippen LogP) is 1.27. The third-order valence-electron chi connectivity index (χ3n) is 1.67. The van der Waals surface area contributed by atoms with Crippen LogP contribution in [0, 0.1) is 10.1 Å². The third-order valence-corrected chi connectivity index (χ3v) is 2.99. The molecule has 1 aliphatic rings. The number of nitrogens with zero attached hydrogens (tertiary/aromatic N) is 1. The molecule has 0 radical (unpaired) electrons. The molecule has 0 aromatic carbocycles. The van der Waals surface area contributed by atoms with Crippen LogP contribution in [0.4, 0.5) is 0 Å². The van der Waals surface area contributed by atoms with Gasteiger partial charge in [-0.15, -0.1) is 0 Å². The van der Waals surface area contributed by atoms with Crippen LogP contribution in [0.3, 0.4) is 0 Å². The summed E-state index contributed by atoms with van der Waals surface area (Å²) in [4.78, 5) is 9.80. The zero-order valence-electron chi connectivity index (χ0n) is 6.24. The number of hydrogen-bond acceptors (Lipinski definition) is 3. The highest BCUT2D eigenvalue weighted by molar-refractivity contribution is 14.1. The zero-order chi connectivity index (χ0) is 9.19. The lowest BCUT2D eigenvalue weighted by Gasteiger charge is -2.21. The smallest absolute Gasteiger partial charge is 0.265 e. The zero-order valence-corrected chi connectivity index (χ0v) is 8.39. The molecule has 66 valence electrons. The minimum Gasteiger partial charge on any atom is -0.385 e. The van der Waals surface area contributed by atoms with Gasteiger partial charge < -0.3 is 5.11 Å². The van der Waals surface area contributed by atoms with Gasteiger partial charge in [-0.25, -0.2) is 0 Å². The predicted molar refractivity (Wildman–Crippen MR) is 52.7 cm³/mol. The van der Waals surface area contributed by atoms with Crippen LogP contribution in [-0.4, -0.2) is 20.1 Å². The Balaban J connectivity index is 2.74. The average molecular weight is 281 g/mol. The lowest BCUT2D eigenvalue weighted by Crippen LogP contribution is -2.29. The summed E-state index contributed by atoms with van der Waals surface area (Å²) in [5, 5.41) is 19.9. The molecule has 0 bridgehead atoms. The molecule has 0 saturated heterocycles. The normalized spacial score (nSPS) is 28.3. The van der Waals surface area contributed by atoms with Gasteiger partial charge in [0.2, 0.25) is 0 Å². The van der Waals surface area contributed by atoms with Crippen LogP contribution < -0.4 is 0 Å². The van der Waals surface area contributed by atoms with E-state index in [0.29, 0.717) is 10.8 Å². The number of allylic oxidation sites excluding steroid dienone is 1. The minimum atomic E-state index is -0.889. The summed E-state index contributed by atoms with van der Waals surface area (Å²) >= 11 is 2.05. The molecule has 0 aromatic rings. The van der Waals surface area contributed by atoms with Gasteiger partial charge in [0, 0.05) is 16.9 Å². The summed E-state index contributed by atoms with van der Waals surface area (Å²) in [5.41, 5.74) is -0.829. The first-order valence-electron chi connectivity index (χ1n) is 3.39. The minimum absolute atomic E-state index is 0.0597. The lowest BCUT2D eigenvalue weighted by molar-refractivity contribution is -0.419. The van der Waals surface area contributed by atoms with E-state index in [1.54, 1.807) is 0 Å². The van der Waals surface area contributed by atoms with Crippen molar-refractivity contribution in [3.8, 4) is 0 Å². The molecule has 1 N–H and O–H groups in total. The molecule has 4 nitrogen and oxygen atoms in total. The van der Waals surface area contributed by atoms with Crippen LogP contribution in [0.15, 0.2) is 23.9 Å². The standard InChI is InChI=1S/C7H8INO3/c8-5-7(10)3-1-6(2-4-7)9(11)12/h1-3,10H,4-5H2. The summed E-state index contributed by atoms with van der Waals surface area (Å²) in [7, 11) is 0. The quantitative estimate of drug-likeness (QED) is 0.359. The number of halogens is 1. The Morgan fingerprint density at radius 2 is 2.50 bits per heavy atom. The maximum atomic E-state index is 10.3. The highest BCUT2D eigenvalue weighted by Crippen LogP contribution is 2.22. The average Bonchev–Trinajstić information content (AvgIpc) is 2.05. The van der Waals surface area contributed by atoms with E-state index in [0.717, 1.165) is 0 Å². The van der Waals surface area contributed by atoms with Crippen LogP contribution >= 0.6 is 22.6 Å². The summed E-state index contributed by atoms with van der Waals surface area (Å²) in [6.45, 7) is 0. The largest absolute Gasteiger partial charge is 0.385 e. The Bertz CT molecular complexity index is 261. The van der Waals surface area contributed by atoms with Crippen LogP contribution in [0.1, 0.15) is 6.42 Å². The molecule has 0 saturated carbocycles. The monoisotopic (exact) mass is 281 g/mol. The van der Waals surface area contributed by atoms with Crippen molar-refractivity contribution >= 4 is 22.6 Å². The van der Waals surface area contributed by atoms with Gasteiger partial charge in [-0.05, 0) is 12.2 Å². The van der Waals surface area contributed by atoms with E-state index in [9.17, 15) is 15.2 Å². The van der Waals surface area contributed by atoms with Crippen molar-refractivity contribution in [2.75, 3.05) is 4.43 Å². The summed E-state index contributed by atoms with van der Waals surface area (Å²) in [6, 6.07) is 0. The van der Waals surface area contributed by atoms with Crippen LogP contribution in [0.2, 0.25) is 0 Å². The van der Waals surface area contributed by atoms with E-state index in [-0.39, 0.29) is 5.70 Å². The van der Waals surface area contributed by atoms with Gasteiger partial charge in [0.1, 0.15) is 0 Å². The van der Waals surface area contributed by atoms with Crippen molar-refractivity contribution in [1.82, 2.24) is 0 Å². The first-order valence-corrected chi connectivity index (χ1v) is 4.92. The maximum absolute atomic E-state index is 10.3. The summed E-state index contributed by atoms with van der Waals surface area (Å²) in [6.07, 6.45) is 4.60. The van der Waals surface area contributed by atoms with E-state index < -0.39 is 10.5 Å². The van der Waals surface area contributed by atoms with E-state index in [2.05, 4.69) is 0 Å². The highest BCUT2D eigenvalue weighted by Gasteiger charge is 2.26. The second kappa shape index (κ2) is 3.53. The van der Waals surface area contributed by atoms with Crippen LogP contribution in [0.25, 0.3) is 0 Å². The molecule has 1 unspecified atom stereocenters. The Morgan fingerprint density at radius 1 is 1.83 bits per heavy atom. The Kier molecular flexibility index (Phi) is 2.84. The molecule has 0 fully saturated rings. The number of alkyl halides is 1. The molecule has 1 aliphatic carbocycles. The fourth-order valence-electron chi connectivity index (χ4n) is 0.892. The van der Waals surface area contributed by atoms with Crippen molar-refractivity contribution in [3.63, 3.8) is 0 Å². The van der Waals surface area contributed by atoms with Crippen LogP contribution in [0.5, 0.6) is 0 Å². The van der Waals surface area contributed by atoms with Gasteiger partial charge in [-0.2, -0.15) is 0 Å². The first-order chi connectivity index (χ1) is 5.57. The first kappa shape index (κ1) is 9.66. The topological polar surface area (TPSA) is 63.4 Å². The Hall–Kier alpha value is -0.430. The SMILES string of the molecule is O=[N+]([O-])C1=CCC(O)(CI)C=C1. The van der Waals surface area contributed by atoms with E-state index in [4.69, 9.17) is 0 Å². The van der Waals surface area contributed by atoms with Crippen LogP contribution in [-0.2, 0) is 0 Å². The van der Waals surface area contributed by atoms with Crippen molar-refractivity contribution in [1.29, 1.82) is 0 Å². The van der Waals surface area contributed by atoms with E-state index in [1.807, 2.05) is 22.6 Å². The molecule has 0 heterocycles. The summed E-state index contributed by atoms with van der Waals surface area (Å²) in [5.74, 6) is 0. The number of nitro groups is 1. The Morgan fingerprint density at radius 3 is 2.83 bits per heavy atom. The second-order valence-corrected chi connectivity index (χ2v) is 3.42. The van der Waals surface area contributed by atoms with Crippen molar-refractivity contribution < 1.29 is 10.0 Å². The number of aliphatic hydroxyl groups is 1. The second-order valence-electron chi connectivity index (χ2n) is 2.66. The highest BCUT2D eigenvalue weighted by atomic mass is 127. The van der Waals surface area contributed by atoms with Gasteiger partial charge in [-0.1, -0.05) is 22.6 Å². The lowest BCUT2D eigenvalue weighted by atomic mass is 9.97. The van der Waals surface area contributed by atoms with Gasteiger partial charge in [-0.3, -0.25) is 10.1 Å². The van der Waals surface area contributed by atoms with E-state index >= 15 is 0 Å². The van der Waals surface area contributed by atoms with Gasteiger partial charge in [0.05, 0.1) is 10.5 Å². The molecule has 1 atom stereocenters. The van der Waals surface area contributed by atoms with Crippen molar-refractivity contribution in [3.05, 3.63) is 34.0 Å². The number of rotatable bonds is 2. The fraction of sp³-hybridized carbons (Fsp3) is 0.429. The molecule has 12 heavy (non-hydrogen) atoms. The van der Waals surface area contributed by atoms with Crippen molar-refractivity contribution in [2.45, 2.75) is 12.0 Å². The molecule has 0 aromatic heterocycles.